The van der Waals surface area contributed by atoms with Crippen molar-refractivity contribution in [3.8, 4) is 0 Å². The molecule has 0 bridgehead atoms. The molecule has 0 aliphatic rings. The first-order valence-electron chi connectivity index (χ1n) is 8.64. The van der Waals surface area contributed by atoms with Gasteiger partial charge in [0.25, 0.3) is 5.91 Å². The molecule has 27 heavy (non-hydrogen) atoms. The van der Waals surface area contributed by atoms with Gasteiger partial charge in [-0.3, -0.25) is 4.79 Å². The standard InChI is InChI=1S/C23H17NO3/c25-22(24-21-11-5-9-17-7-3-4-10-20(17)21)15-27-23(26)19-13-12-16-6-1-2-8-18(16)14-19/h1-14H,15H2,(H,24,25). The van der Waals surface area contributed by atoms with Gasteiger partial charge in [-0.2, -0.15) is 0 Å². The summed E-state index contributed by atoms with van der Waals surface area (Å²) in [4.78, 5) is 24.5. The summed E-state index contributed by atoms with van der Waals surface area (Å²) in [5.41, 5.74) is 1.12. The molecule has 1 amide bonds. The van der Waals surface area contributed by atoms with Gasteiger partial charge in [0.15, 0.2) is 6.61 Å². The molecule has 0 saturated carbocycles. The van der Waals surface area contributed by atoms with Crippen molar-refractivity contribution in [3.63, 3.8) is 0 Å². The Bertz CT molecular complexity index is 1150. The Morgan fingerprint density at radius 3 is 2.30 bits per heavy atom. The smallest absolute Gasteiger partial charge is 0.338 e. The first-order chi connectivity index (χ1) is 13.2. The second kappa shape index (κ2) is 7.30. The summed E-state index contributed by atoms with van der Waals surface area (Å²) in [6, 6.07) is 26.5. The van der Waals surface area contributed by atoms with Crippen molar-refractivity contribution in [2.75, 3.05) is 11.9 Å². The molecule has 0 radical (unpaired) electrons. The van der Waals surface area contributed by atoms with Crippen LogP contribution in [0.15, 0.2) is 84.9 Å². The SMILES string of the molecule is O=C(COC(=O)c1ccc2ccccc2c1)Nc1cccc2ccccc12. The lowest BCUT2D eigenvalue weighted by atomic mass is 10.1. The van der Waals surface area contributed by atoms with Crippen molar-refractivity contribution >= 4 is 39.1 Å². The summed E-state index contributed by atoms with van der Waals surface area (Å²) in [7, 11) is 0. The van der Waals surface area contributed by atoms with Crippen molar-refractivity contribution < 1.29 is 14.3 Å². The van der Waals surface area contributed by atoms with Crippen LogP contribution in [0.2, 0.25) is 0 Å². The van der Waals surface area contributed by atoms with Gasteiger partial charge in [-0.25, -0.2) is 4.79 Å². The molecule has 4 rings (SSSR count). The van der Waals surface area contributed by atoms with Crippen LogP contribution in [-0.4, -0.2) is 18.5 Å². The largest absolute Gasteiger partial charge is 0.452 e. The van der Waals surface area contributed by atoms with Crippen LogP contribution in [0.25, 0.3) is 21.5 Å². The molecular formula is C23H17NO3. The minimum atomic E-state index is -0.520. The minimum absolute atomic E-state index is 0.338. The number of nitrogens with one attached hydrogen (secondary N) is 1. The van der Waals surface area contributed by atoms with Gasteiger partial charge in [-0.05, 0) is 34.4 Å². The van der Waals surface area contributed by atoms with Crippen LogP contribution in [0, 0.1) is 0 Å². The van der Waals surface area contributed by atoms with Gasteiger partial charge in [0.2, 0.25) is 0 Å². The fourth-order valence-electron chi connectivity index (χ4n) is 3.05. The van der Waals surface area contributed by atoms with Gasteiger partial charge < -0.3 is 10.1 Å². The highest BCUT2D eigenvalue weighted by Crippen LogP contribution is 2.23. The Labute approximate surface area is 156 Å². The molecule has 0 unspecified atom stereocenters. The molecule has 0 fully saturated rings. The van der Waals surface area contributed by atoms with E-state index in [0.717, 1.165) is 21.5 Å². The maximum atomic E-state index is 12.3. The number of anilines is 1. The van der Waals surface area contributed by atoms with E-state index in [0.29, 0.717) is 11.3 Å². The maximum absolute atomic E-state index is 12.3. The highest BCUT2D eigenvalue weighted by molar-refractivity contribution is 6.03. The van der Waals surface area contributed by atoms with E-state index in [1.165, 1.54) is 0 Å². The molecule has 0 spiro atoms. The minimum Gasteiger partial charge on any atom is -0.452 e. The zero-order valence-electron chi connectivity index (χ0n) is 14.5. The van der Waals surface area contributed by atoms with Crippen molar-refractivity contribution in [2.24, 2.45) is 0 Å². The predicted molar refractivity (Wildman–Crippen MR) is 107 cm³/mol. The van der Waals surface area contributed by atoms with Crippen LogP contribution in [0.4, 0.5) is 5.69 Å². The highest BCUT2D eigenvalue weighted by Gasteiger charge is 2.12. The summed E-state index contributed by atoms with van der Waals surface area (Å²) < 4.78 is 5.17. The van der Waals surface area contributed by atoms with E-state index in [1.54, 1.807) is 12.1 Å². The molecule has 4 nitrogen and oxygen atoms in total. The molecule has 0 saturated heterocycles. The van der Waals surface area contributed by atoms with Crippen molar-refractivity contribution in [1.29, 1.82) is 0 Å². The van der Waals surface area contributed by atoms with E-state index in [4.69, 9.17) is 4.74 Å². The number of hydrogen-bond acceptors (Lipinski definition) is 3. The zero-order chi connectivity index (χ0) is 18.6. The first-order valence-corrected chi connectivity index (χ1v) is 8.64. The third-order valence-corrected chi connectivity index (χ3v) is 4.38. The number of rotatable bonds is 4. The highest BCUT2D eigenvalue weighted by atomic mass is 16.5. The molecule has 0 atom stereocenters. The molecule has 4 aromatic rings. The molecule has 0 heterocycles. The fourth-order valence-corrected chi connectivity index (χ4v) is 3.05. The quantitative estimate of drug-likeness (QED) is 0.536. The molecule has 132 valence electrons. The Kier molecular flexibility index (Phi) is 4.54. The van der Waals surface area contributed by atoms with Crippen molar-refractivity contribution in [1.82, 2.24) is 0 Å². The third kappa shape index (κ3) is 3.65. The molecular weight excluding hydrogens is 338 g/mol. The zero-order valence-corrected chi connectivity index (χ0v) is 14.5. The average molecular weight is 355 g/mol. The molecule has 0 aromatic heterocycles. The van der Waals surface area contributed by atoms with Crippen molar-refractivity contribution in [2.45, 2.75) is 0 Å². The molecule has 0 aliphatic carbocycles. The average Bonchev–Trinajstić information content (AvgIpc) is 2.72. The van der Waals surface area contributed by atoms with Gasteiger partial charge >= 0.3 is 5.97 Å². The lowest BCUT2D eigenvalue weighted by molar-refractivity contribution is -0.119. The number of carbonyl (C=O) groups is 2. The van der Waals surface area contributed by atoms with Gasteiger partial charge in [0.1, 0.15) is 0 Å². The molecule has 4 aromatic carbocycles. The van der Waals surface area contributed by atoms with E-state index >= 15 is 0 Å². The fraction of sp³-hybridized carbons (Fsp3) is 0.0435. The first kappa shape index (κ1) is 16.8. The van der Waals surface area contributed by atoms with Crippen LogP contribution in [0.3, 0.4) is 0 Å². The van der Waals surface area contributed by atoms with Crippen LogP contribution in [-0.2, 0) is 9.53 Å². The van der Waals surface area contributed by atoms with Gasteiger partial charge in [-0.15, -0.1) is 0 Å². The summed E-state index contributed by atoms with van der Waals surface area (Å²) in [6.07, 6.45) is 0. The molecule has 4 heteroatoms. The number of esters is 1. The maximum Gasteiger partial charge on any atom is 0.338 e. The summed E-state index contributed by atoms with van der Waals surface area (Å²) in [6.45, 7) is -0.338. The van der Waals surface area contributed by atoms with Gasteiger partial charge in [0, 0.05) is 11.1 Å². The van der Waals surface area contributed by atoms with E-state index in [1.807, 2.05) is 72.8 Å². The number of amides is 1. The second-order valence-electron chi connectivity index (χ2n) is 6.21. The van der Waals surface area contributed by atoms with E-state index in [2.05, 4.69) is 5.32 Å². The molecule has 1 N–H and O–H groups in total. The summed E-state index contributed by atoms with van der Waals surface area (Å²) in [5.74, 6) is -0.894. The Morgan fingerprint density at radius 1 is 0.741 bits per heavy atom. The Balaban J connectivity index is 1.43. The number of ether oxygens (including phenoxy) is 1. The third-order valence-electron chi connectivity index (χ3n) is 4.38. The van der Waals surface area contributed by atoms with Crippen LogP contribution in [0.1, 0.15) is 10.4 Å². The van der Waals surface area contributed by atoms with E-state index < -0.39 is 5.97 Å². The number of fused-ring (bicyclic) bond motifs is 2. The van der Waals surface area contributed by atoms with Crippen LogP contribution in [0.5, 0.6) is 0 Å². The van der Waals surface area contributed by atoms with Crippen LogP contribution < -0.4 is 5.32 Å². The van der Waals surface area contributed by atoms with Gasteiger partial charge in [0.05, 0.1) is 5.56 Å². The summed E-state index contributed by atoms with van der Waals surface area (Å²) >= 11 is 0. The number of benzene rings is 4. The van der Waals surface area contributed by atoms with E-state index in [-0.39, 0.29) is 12.5 Å². The monoisotopic (exact) mass is 355 g/mol. The van der Waals surface area contributed by atoms with E-state index in [9.17, 15) is 9.59 Å². The Hall–Kier alpha value is -3.66. The van der Waals surface area contributed by atoms with Gasteiger partial charge in [-0.1, -0.05) is 66.7 Å². The topological polar surface area (TPSA) is 55.4 Å². The molecule has 0 aliphatic heterocycles. The normalized spacial score (nSPS) is 10.7. The second-order valence-corrected chi connectivity index (χ2v) is 6.21. The lowest BCUT2D eigenvalue weighted by Crippen LogP contribution is -2.21. The number of carbonyl (C=O) groups excluding carboxylic acids is 2. The van der Waals surface area contributed by atoms with Crippen molar-refractivity contribution in [3.05, 3.63) is 90.5 Å². The Morgan fingerprint density at radius 2 is 1.44 bits per heavy atom. The number of hydrogen-bond donors (Lipinski definition) is 1. The lowest BCUT2D eigenvalue weighted by Gasteiger charge is -2.09. The predicted octanol–water partition coefficient (Wildman–Crippen LogP) is 4.79. The van der Waals surface area contributed by atoms with Crippen LogP contribution >= 0.6 is 0 Å². The summed E-state index contributed by atoms with van der Waals surface area (Å²) in [5, 5.41) is 6.77.